The summed E-state index contributed by atoms with van der Waals surface area (Å²) in [6, 6.07) is 13.6. The molecule has 25 heavy (non-hydrogen) atoms. The first kappa shape index (κ1) is 15.7. The van der Waals surface area contributed by atoms with E-state index >= 15 is 0 Å². The molecule has 0 amide bonds. The van der Waals surface area contributed by atoms with Crippen LogP contribution in [0.25, 0.3) is 22.4 Å². The highest BCUT2D eigenvalue weighted by Gasteiger charge is 2.15. The maximum Gasteiger partial charge on any atom is 0.293 e. The van der Waals surface area contributed by atoms with E-state index in [1.54, 1.807) is 11.3 Å². The molecule has 0 saturated carbocycles. The van der Waals surface area contributed by atoms with Crippen molar-refractivity contribution in [3.05, 3.63) is 64.7 Å². The van der Waals surface area contributed by atoms with Crippen LogP contribution in [0.4, 0.5) is 0 Å². The van der Waals surface area contributed by atoms with E-state index in [0.29, 0.717) is 29.8 Å². The predicted octanol–water partition coefficient (Wildman–Crippen LogP) is 5.25. The molecule has 0 aliphatic heterocycles. The minimum absolute atomic E-state index is 0.345. The lowest BCUT2D eigenvalue weighted by Crippen LogP contribution is -1.97. The molecule has 0 aliphatic rings. The molecule has 0 N–H and O–H groups in total. The molecule has 3 aromatic heterocycles. The topological polar surface area (TPSA) is 61.3 Å². The largest absolute Gasteiger partial charge is 0.485 e. The first-order chi connectivity index (χ1) is 12.2. The molecule has 0 unspecified atom stereocenters. The van der Waals surface area contributed by atoms with Crippen molar-refractivity contribution in [1.29, 1.82) is 0 Å². The fraction of sp³-hybridized carbons (Fsp3) is 0.158. The maximum atomic E-state index is 5.91. The van der Waals surface area contributed by atoms with Crippen molar-refractivity contribution in [2.75, 3.05) is 0 Å². The van der Waals surface area contributed by atoms with Gasteiger partial charge >= 0.3 is 0 Å². The summed E-state index contributed by atoms with van der Waals surface area (Å²) in [6.45, 7) is 4.40. The molecule has 4 rings (SSSR count). The zero-order valence-electron chi connectivity index (χ0n) is 13.9. The van der Waals surface area contributed by atoms with Gasteiger partial charge in [0.25, 0.3) is 5.89 Å². The molecule has 126 valence electrons. The standard InChI is InChI=1S/C19H16N2O3S/c1-12-5-3-6-13(2)17(12)22-11-14-8-9-15(23-14)19-20-18(21-24-19)16-7-4-10-25-16/h3-10H,11H2,1-2H3. The summed E-state index contributed by atoms with van der Waals surface area (Å²) in [6.07, 6.45) is 0. The quantitative estimate of drug-likeness (QED) is 0.491. The van der Waals surface area contributed by atoms with Crippen LogP contribution in [0, 0.1) is 13.8 Å². The van der Waals surface area contributed by atoms with Crippen LogP contribution >= 0.6 is 11.3 Å². The number of ether oxygens (including phenoxy) is 1. The van der Waals surface area contributed by atoms with Crippen molar-refractivity contribution in [2.45, 2.75) is 20.5 Å². The van der Waals surface area contributed by atoms with Gasteiger partial charge < -0.3 is 13.7 Å². The SMILES string of the molecule is Cc1cccc(C)c1OCc1ccc(-c2nc(-c3cccs3)no2)o1. The molecule has 4 aromatic rings. The Morgan fingerprint density at radius 3 is 2.64 bits per heavy atom. The lowest BCUT2D eigenvalue weighted by atomic mass is 10.1. The van der Waals surface area contributed by atoms with Crippen LogP contribution in [0.15, 0.2) is 56.8 Å². The van der Waals surface area contributed by atoms with Crippen molar-refractivity contribution in [2.24, 2.45) is 0 Å². The number of hydrogen-bond acceptors (Lipinski definition) is 6. The van der Waals surface area contributed by atoms with Crippen molar-refractivity contribution in [1.82, 2.24) is 10.1 Å². The van der Waals surface area contributed by atoms with Gasteiger partial charge in [-0.1, -0.05) is 29.4 Å². The number of para-hydroxylation sites is 1. The molecule has 6 heteroatoms. The second-order valence-electron chi connectivity index (χ2n) is 5.68. The first-order valence-corrected chi connectivity index (χ1v) is 8.74. The number of benzene rings is 1. The van der Waals surface area contributed by atoms with E-state index in [4.69, 9.17) is 13.7 Å². The van der Waals surface area contributed by atoms with Gasteiger partial charge in [0.05, 0.1) is 4.88 Å². The zero-order chi connectivity index (χ0) is 17.2. The summed E-state index contributed by atoms with van der Waals surface area (Å²) in [5.74, 6) is 3.05. The Hall–Kier alpha value is -2.86. The molecule has 0 bridgehead atoms. The van der Waals surface area contributed by atoms with Gasteiger partial charge in [-0.25, -0.2) is 0 Å². The lowest BCUT2D eigenvalue weighted by Gasteiger charge is -2.10. The van der Waals surface area contributed by atoms with Crippen molar-refractivity contribution in [3.8, 4) is 28.1 Å². The Morgan fingerprint density at radius 2 is 1.88 bits per heavy atom. The highest BCUT2D eigenvalue weighted by molar-refractivity contribution is 7.13. The highest BCUT2D eigenvalue weighted by atomic mass is 32.1. The fourth-order valence-electron chi connectivity index (χ4n) is 2.57. The summed E-state index contributed by atoms with van der Waals surface area (Å²) in [5.41, 5.74) is 2.20. The van der Waals surface area contributed by atoms with E-state index in [1.807, 2.05) is 61.7 Å². The third kappa shape index (κ3) is 3.21. The summed E-state index contributed by atoms with van der Waals surface area (Å²) in [5, 5.41) is 5.97. The van der Waals surface area contributed by atoms with E-state index in [2.05, 4.69) is 10.1 Å². The first-order valence-electron chi connectivity index (χ1n) is 7.86. The molecule has 0 radical (unpaired) electrons. The summed E-state index contributed by atoms with van der Waals surface area (Å²) in [4.78, 5) is 5.34. The normalized spacial score (nSPS) is 11.0. The number of nitrogens with zero attached hydrogens (tertiary/aromatic N) is 2. The third-order valence-corrected chi connectivity index (χ3v) is 4.67. The molecule has 3 heterocycles. The summed E-state index contributed by atoms with van der Waals surface area (Å²) in [7, 11) is 0. The minimum Gasteiger partial charge on any atom is -0.485 e. The number of aryl methyl sites for hydroxylation is 2. The second-order valence-corrected chi connectivity index (χ2v) is 6.62. The van der Waals surface area contributed by atoms with Crippen LogP contribution in [0.5, 0.6) is 5.75 Å². The van der Waals surface area contributed by atoms with Gasteiger partial charge in [0.1, 0.15) is 18.1 Å². The maximum absolute atomic E-state index is 5.91. The van der Waals surface area contributed by atoms with Gasteiger partial charge in [-0.15, -0.1) is 11.3 Å². The smallest absolute Gasteiger partial charge is 0.293 e. The van der Waals surface area contributed by atoms with Crippen LogP contribution in [-0.2, 0) is 6.61 Å². The Morgan fingerprint density at radius 1 is 1.04 bits per heavy atom. The predicted molar refractivity (Wildman–Crippen MR) is 95.6 cm³/mol. The molecular weight excluding hydrogens is 336 g/mol. The van der Waals surface area contributed by atoms with E-state index in [0.717, 1.165) is 21.8 Å². The number of hydrogen-bond donors (Lipinski definition) is 0. The number of rotatable bonds is 5. The third-order valence-electron chi connectivity index (χ3n) is 3.81. The van der Waals surface area contributed by atoms with Gasteiger partial charge in [0, 0.05) is 0 Å². The second kappa shape index (κ2) is 6.57. The van der Waals surface area contributed by atoms with E-state index in [1.165, 1.54) is 0 Å². The van der Waals surface area contributed by atoms with Crippen LogP contribution in [0.2, 0.25) is 0 Å². The molecule has 1 aromatic carbocycles. The number of furan rings is 1. The van der Waals surface area contributed by atoms with Crippen molar-refractivity contribution >= 4 is 11.3 Å². The van der Waals surface area contributed by atoms with E-state index in [-0.39, 0.29) is 0 Å². The van der Waals surface area contributed by atoms with E-state index < -0.39 is 0 Å². The molecule has 0 saturated heterocycles. The van der Waals surface area contributed by atoms with Gasteiger partial charge in [0.15, 0.2) is 5.76 Å². The Kier molecular flexibility index (Phi) is 4.11. The van der Waals surface area contributed by atoms with Gasteiger partial charge in [0.2, 0.25) is 5.82 Å². The van der Waals surface area contributed by atoms with Gasteiger partial charge in [-0.3, -0.25) is 0 Å². The number of aromatic nitrogens is 2. The average Bonchev–Trinajstić information content (AvgIpc) is 3.34. The lowest BCUT2D eigenvalue weighted by molar-refractivity contribution is 0.267. The van der Waals surface area contributed by atoms with Crippen LogP contribution in [-0.4, -0.2) is 10.1 Å². The van der Waals surface area contributed by atoms with Gasteiger partial charge in [-0.2, -0.15) is 4.98 Å². The van der Waals surface area contributed by atoms with Crippen molar-refractivity contribution in [3.63, 3.8) is 0 Å². The molecule has 5 nitrogen and oxygen atoms in total. The average molecular weight is 352 g/mol. The molecule has 0 fully saturated rings. The minimum atomic E-state index is 0.345. The zero-order valence-corrected chi connectivity index (χ0v) is 14.7. The fourth-order valence-corrected chi connectivity index (χ4v) is 3.22. The van der Waals surface area contributed by atoms with Gasteiger partial charge in [-0.05, 0) is 48.6 Å². The Bertz CT molecular complexity index is 966. The van der Waals surface area contributed by atoms with Crippen molar-refractivity contribution < 1.29 is 13.7 Å². The van der Waals surface area contributed by atoms with E-state index in [9.17, 15) is 0 Å². The summed E-state index contributed by atoms with van der Waals surface area (Å²) < 4.78 is 17.0. The Labute approximate surface area is 148 Å². The van der Waals surface area contributed by atoms with Crippen LogP contribution in [0.3, 0.4) is 0 Å². The monoisotopic (exact) mass is 352 g/mol. The molecule has 0 spiro atoms. The Balaban J connectivity index is 1.49. The highest BCUT2D eigenvalue weighted by Crippen LogP contribution is 2.28. The van der Waals surface area contributed by atoms with Crippen LogP contribution < -0.4 is 4.74 Å². The number of thiophene rings is 1. The summed E-state index contributed by atoms with van der Waals surface area (Å²) >= 11 is 1.56. The molecule has 0 atom stereocenters. The van der Waals surface area contributed by atoms with Crippen LogP contribution in [0.1, 0.15) is 16.9 Å². The molecule has 0 aliphatic carbocycles. The molecular formula is C19H16N2O3S.